The summed E-state index contributed by atoms with van der Waals surface area (Å²) in [5.41, 5.74) is 0.389. The van der Waals surface area contributed by atoms with E-state index in [1.807, 2.05) is 0 Å². The van der Waals surface area contributed by atoms with Crippen LogP contribution in [0, 0.1) is 5.92 Å². The first-order chi connectivity index (χ1) is 9.20. The van der Waals surface area contributed by atoms with Gasteiger partial charge in [0, 0.05) is 12.6 Å². The average Bonchev–Trinajstić information content (AvgIpc) is 2.82. The van der Waals surface area contributed by atoms with Gasteiger partial charge in [0.2, 0.25) is 0 Å². The number of amides is 1. The zero-order chi connectivity index (χ0) is 13.7. The van der Waals surface area contributed by atoms with Gasteiger partial charge in [-0.3, -0.25) is 9.78 Å². The molecule has 1 fully saturated rings. The van der Waals surface area contributed by atoms with E-state index in [-0.39, 0.29) is 11.9 Å². The SMILES string of the molecule is CCCNc1cncc(C(=O)NC2CCCC2C)n1. The van der Waals surface area contributed by atoms with E-state index in [2.05, 4.69) is 34.4 Å². The molecule has 0 aliphatic heterocycles. The monoisotopic (exact) mass is 262 g/mol. The summed E-state index contributed by atoms with van der Waals surface area (Å²) in [6, 6.07) is 0.279. The first-order valence-electron chi connectivity index (χ1n) is 7.07. The maximum Gasteiger partial charge on any atom is 0.271 e. The second-order valence-corrected chi connectivity index (χ2v) is 5.20. The van der Waals surface area contributed by atoms with Crippen molar-refractivity contribution >= 4 is 11.7 Å². The summed E-state index contributed by atoms with van der Waals surface area (Å²) in [5.74, 6) is 1.10. The van der Waals surface area contributed by atoms with Crippen LogP contribution >= 0.6 is 0 Å². The van der Waals surface area contributed by atoms with E-state index in [9.17, 15) is 4.79 Å². The fourth-order valence-electron chi connectivity index (χ4n) is 2.42. The molecule has 2 rings (SSSR count). The Hall–Kier alpha value is -1.65. The largest absolute Gasteiger partial charge is 0.369 e. The third-order valence-corrected chi connectivity index (χ3v) is 3.60. The minimum absolute atomic E-state index is 0.119. The van der Waals surface area contributed by atoms with E-state index < -0.39 is 0 Å². The van der Waals surface area contributed by atoms with Crippen LogP contribution < -0.4 is 10.6 Å². The highest BCUT2D eigenvalue weighted by Gasteiger charge is 2.25. The molecule has 0 radical (unpaired) electrons. The summed E-state index contributed by atoms with van der Waals surface area (Å²) >= 11 is 0. The molecule has 1 aromatic heterocycles. The molecule has 1 aromatic rings. The van der Waals surface area contributed by atoms with Gasteiger partial charge in [0.25, 0.3) is 5.91 Å². The topological polar surface area (TPSA) is 66.9 Å². The highest BCUT2D eigenvalue weighted by Crippen LogP contribution is 2.24. The fraction of sp³-hybridized carbons (Fsp3) is 0.643. The van der Waals surface area contributed by atoms with Gasteiger partial charge in [-0.2, -0.15) is 0 Å². The summed E-state index contributed by atoms with van der Waals surface area (Å²) < 4.78 is 0. The van der Waals surface area contributed by atoms with E-state index >= 15 is 0 Å². The lowest BCUT2D eigenvalue weighted by Gasteiger charge is -2.16. The molecule has 2 atom stereocenters. The Bertz CT molecular complexity index is 435. The van der Waals surface area contributed by atoms with Crippen LogP contribution in [0.1, 0.15) is 50.0 Å². The molecule has 1 aliphatic rings. The van der Waals surface area contributed by atoms with Gasteiger partial charge in [0.05, 0.1) is 12.4 Å². The lowest BCUT2D eigenvalue weighted by molar-refractivity contribution is 0.0924. The van der Waals surface area contributed by atoms with Crippen molar-refractivity contribution in [2.24, 2.45) is 5.92 Å². The van der Waals surface area contributed by atoms with Crippen LogP contribution in [0.5, 0.6) is 0 Å². The summed E-state index contributed by atoms with van der Waals surface area (Å²) in [5, 5.41) is 6.20. The molecule has 104 valence electrons. The molecule has 19 heavy (non-hydrogen) atoms. The van der Waals surface area contributed by atoms with Gasteiger partial charge in [-0.05, 0) is 25.2 Å². The van der Waals surface area contributed by atoms with Gasteiger partial charge in [0.15, 0.2) is 0 Å². The number of hydrogen-bond donors (Lipinski definition) is 2. The molecule has 5 nitrogen and oxygen atoms in total. The van der Waals surface area contributed by atoms with Crippen molar-refractivity contribution in [3.8, 4) is 0 Å². The summed E-state index contributed by atoms with van der Waals surface area (Å²) in [6.07, 6.45) is 7.62. The molecule has 1 amide bonds. The average molecular weight is 262 g/mol. The van der Waals surface area contributed by atoms with E-state index in [0.29, 0.717) is 17.4 Å². The fourth-order valence-corrected chi connectivity index (χ4v) is 2.42. The van der Waals surface area contributed by atoms with Crippen LogP contribution in [0.25, 0.3) is 0 Å². The van der Waals surface area contributed by atoms with E-state index in [1.165, 1.54) is 19.0 Å². The van der Waals surface area contributed by atoms with Gasteiger partial charge in [-0.15, -0.1) is 0 Å². The van der Waals surface area contributed by atoms with Gasteiger partial charge >= 0.3 is 0 Å². The number of aromatic nitrogens is 2. The minimum atomic E-state index is -0.119. The lowest BCUT2D eigenvalue weighted by atomic mass is 10.1. The van der Waals surface area contributed by atoms with Crippen molar-refractivity contribution in [3.63, 3.8) is 0 Å². The maximum absolute atomic E-state index is 12.1. The molecule has 0 saturated heterocycles. The molecule has 0 bridgehead atoms. The normalized spacial score (nSPS) is 22.2. The van der Waals surface area contributed by atoms with Crippen molar-refractivity contribution < 1.29 is 4.79 Å². The van der Waals surface area contributed by atoms with Crippen LogP contribution in [0.3, 0.4) is 0 Å². The Morgan fingerprint density at radius 2 is 2.26 bits per heavy atom. The Morgan fingerprint density at radius 1 is 1.42 bits per heavy atom. The number of nitrogens with one attached hydrogen (secondary N) is 2. The van der Waals surface area contributed by atoms with Crippen LogP contribution in [0.4, 0.5) is 5.82 Å². The first kappa shape index (κ1) is 13.8. The molecular weight excluding hydrogens is 240 g/mol. The first-order valence-corrected chi connectivity index (χ1v) is 7.07. The Balaban J connectivity index is 1.98. The van der Waals surface area contributed by atoms with Crippen LogP contribution in [-0.4, -0.2) is 28.5 Å². The zero-order valence-corrected chi connectivity index (χ0v) is 11.6. The van der Waals surface area contributed by atoms with Crippen molar-refractivity contribution in [1.82, 2.24) is 15.3 Å². The number of carbonyl (C=O) groups excluding carboxylic acids is 1. The molecule has 1 saturated carbocycles. The second-order valence-electron chi connectivity index (χ2n) is 5.20. The molecule has 1 aliphatic carbocycles. The summed E-state index contributed by atoms with van der Waals surface area (Å²) in [7, 11) is 0. The Morgan fingerprint density at radius 3 is 2.95 bits per heavy atom. The quantitative estimate of drug-likeness (QED) is 0.854. The number of nitrogens with zero attached hydrogens (tertiary/aromatic N) is 2. The zero-order valence-electron chi connectivity index (χ0n) is 11.6. The standard InChI is InChI=1S/C14H22N4O/c1-3-7-16-13-9-15-8-12(17-13)14(19)18-11-6-4-5-10(11)2/h8-11H,3-7H2,1-2H3,(H,16,17)(H,18,19). The smallest absolute Gasteiger partial charge is 0.271 e. The molecule has 5 heteroatoms. The van der Waals surface area contributed by atoms with E-state index in [0.717, 1.165) is 19.4 Å². The van der Waals surface area contributed by atoms with Gasteiger partial charge in [-0.1, -0.05) is 20.3 Å². The number of anilines is 1. The van der Waals surface area contributed by atoms with Crippen molar-refractivity contribution in [3.05, 3.63) is 18.1 Å². The molecule has 1 heterocycles. The molecule has 2 N–H and O–H groups in total. The van der Waals surface area contributed by atoms with Crippen molar-refractivity contribution in [2.45, 2.75) is 45.6 Å². The predicted molar refractivity (Wildman–Crippen MR) is 75.1 cm³/mol. The van der Waals surface area contributed by atoms with E-state index in [4.69, 9.17) is 0 Å². The minimum Gasteiger partial charge on any atom is -0.369 e. The number of carbonyl (C=O) groups is 1. The van der Waals surface area contributed by atoms with Gasteiger partial charge < -0.3 is 10.6 Å². The highest BCUT2D eigenvalue weighted by molar-refractivity contribution is 5.92. The van der Waals surface area contributed by atoms with Crippen molar-refractivity contribution in [2.75, 3.05) is 11.9 Å². The Labute approximate surface area is 114 Å². The van der Waals surface area contributed by atoms with Gasteiger partial charge in [-0.25, -0.2) is 4.98 Å². The third-order valence-electron chi connectivity index (χ3n) is 3.60. The third kappa shape index (κ3) is 3.66. The van der Waals surface area contributed by atoms with Crippen LogP contribution in [0.15, 0.2) is 12.4 Å². The van der Waals surface area contributed by atoms with Crippen LogP contribution in [0.2, 0.25) is 0 Å². The molecule has 0 aromatic carbocycles. The second kappa shape index (κ2) is 6.50. The maximum atomic E-state index is 12.1. The van der Waals surface area contributed by atoms with E-state index in [1.54, 1.807) is 6.20 Å². The summed E-state index contributed by atoms with van der Waals surface area (Å²) in [6.45, 7) is 5.10. The number of hydrogen-bond acceptors (Lipinski definition) is 4. The number of rotatable bonds is 5. The molecule has 2 unspecified atom stereocenters. The predicted octanol–water partition coefficient (Wildman–Crippen LogP) is 2.22. The Kier molecular flexibility index (Phi) is 4.71. The highest BCUT2D eigenvalue weighted by atomic mass is 16.2. The summed E-state index contributed by atoms with van der Waals surface area (Å²) in [4.78, 5) is 20.5. The van der Waals surface area contributed by atoms with Crippen molar-refractivity contribution in [1.29, 1.82) is 0 Å². The molecule has 0 spiro atoms. The van der Waals surface area contributed by atoms with Gasteiger partial charge in [0.1, 0.15) is 11.5 Å². The lowest BCUT2D eigenvalue weighted by Crippen LogP contribution is -2.36. The van der Waals surface area contributed by atoms with Crippen LogP contribution in [-0.2, 0) is 0 Å². The molecular formula is C14H22N4O.